The molecule has 0 atom stereocenters. The molecule has 2 aromatic carbocycles. The largest absolute Gasteiger partial charge is 0.345 e. The zero-order chi connectivity index (χ0) is 18.5. The van der Waals surface area contributed by atoms with Crippen LogP contribution in [0.15, 0.2) is 48.5 Å². The highest BCUT2D eigenvalue weighted by molar-refractivity contribution is 7.18. The maximum atomic E-state index is 12.2. The summed E-state index contributed by atoms with van der Waals surface area (Å²) in [6.45, 7) is 0. The Morgan fingerprint density at radius 2 is 1.92 bits per heavy atom. The van der Waals surface area contributed by atoms with E-state index in [2.05, 4.69) is 16.4 Å². The number of carbonyl (C=O) groups is 2. The molecule has 0 aliphatic rings. The molecular formula is C20H21N3O2S. The molecule has 0 spiro atoms. The van der Waals surface area contributed by atoms with Gasteiger partial charge in [0.1, 0.15) is 0 Å². The van der Waals surface area contributed by atoms with Crippen LogP contribution in [0.2, 0.25) is 0 Å². The number of nitrogens with zero attached hydrogens (tertiary/aromatic N) is 2. The molecule has 3 rings (SSSR count). The molecule has 0 unspecified atom stereocenters. The van der Waals surface area contributed by atoms with Gasteiger partial charge in [-0.1, -0.05) is 18.2 Å². The average Bonchev–Trinajstić information content (AvgIpc) is 3.04. The number of thiazole rings is 1. The van der Waals surface area contributed by atoms with Crippen LogP contribution in [-0.2, 0) is 11.2 Å². The van der Waals surface area contributed by atoms with E-state index < -0.39 is 0 Å². The molecule has 6 heteroatoms. The van der Waals surface area contributed by atoms with Crippen molar-refractivity contribution in [3.63, 3.8) is 0 Å². The fraction of sp³-hybridized carbons (Fsp3) is 0.250. The van der Waals surface area contributed by atoms with Crippen LogP contribution < -0.4 is 5.32 Å². The van der Waals surface area contributed by atoms with Gasteiger partial charge in [0.25, 0.3) is 5.91 Å². The highest BCUT2D eigenvalue weighted by Crippen LogP contribution is 2.22. The van der Waals surface area contributed by atoms with Gasteiger partial charge in [0, 0.05) is 31.8 Å². The molecule has 26 heavy (non-hydrogen) atoms. The van der Waals surface area contributed by atoms with Gasteiger partial charge in [-0.3, -0.25) is 9.59 Å². The second kappa shape index (κ2) is 8.10. The number of benzene rings is 2. The van der Waals surface area contributed by atoms with Gasteiger partial charge in [-0.15, -0.1) is 11.3 Å². The zero-order valence-corrected chi connectivity index (χ0v) is 15.7. The number of hydrogen-bond donors (Lipinski definition) is 1. The van der Waals surface area contributed by atoms with Crippen molar-refractivity contribution >= 4 is 39.1 Å². The Morgan fingerprint density at radius 3 is 2.69 bits per heavy atom. The van der Waals surface area contributed by atoms with E-state index in [1.165, 1.54) is 9.60 Å². The van der Waals surface area contributed by atoms with E-state index in [4.69, 9.17) is 0 Å². The standard InChI is InChI=1S/C20H21N3O2S/c1-23(2)20(25)14-7-5-8-15(13-14)21-18(24)11-6-12-19-22-16-9-3-4-10-17(16)26-19/h3-5,7-10,13H,6,11-12H2,1-2H3,(H,21,24). The highest BCUT2D eigenvalue weighted by Gasteiger charge is 2.10. The van der Waals surface area contributed by atoms with Gasteiger partial charge in [-0.05, 0) is 43.2 Å². The number of nitrogens with one attached hydrogen (secondary N) is 1. The van der Waals surface area contributed by atoms with Crippen LogP contribution in [0.4, 0.5) is 5.69 Å². The summed E-state index contributed by atoms with van der Waals surface area (Å²) in [5.74, 6) is -0.141. The van der Waals surface area contributed by atoms with Crippen LogP contribution in [0.1, 0.15) is 28.2 Å². The zero-order valence-electron chi connectivity index (χ0n) is 14.9. The summed E-state index contributed by atoms with van der Waals surface area (Å²) in [6.07, 6.45) is 1.94. The van der Waals surface area contributed by atoms with Crippen molar-refractivity contribution in [3.8, 4) is 0 Å². The second-order valence-corrected chi connectivity index (χ2v) is 7.37. The average molecular weight is 367 g/mol. The molecule has 5 nitrogen and oxygen atoms in total. The maximum Gasteiger partial charge on any atom is 0.253 e. The van der Waals surface area contributed by atoms with Crippen molar-refractivity contribution in [2.75, 3.05) is 19.4 Å². The minimum atomic E-state index is -0.0862. The van der Waals surface area contributed by atoms with Gasteiger partial charge in [0.05, 0.1) is 15.2 Å². The summed E-state index contributed by atoms with van der Waals surface area (Å²) in [5.41, 5.74) is 2.21. The molecule has 3 aromatic rings. The smallest absolute Gasteiger partial charge is 0.253 e. The Labute approximate surface area is 156 Å². The number of anilines is 1. The van der Waals surface area contributed by atoms with Crippen LogP contribution in [0, 0.1) is 0 Å². The van der Waals surface area contributed by atoms with Crippen LogP contribution in [0.3, 0.4) is 0 Å². The molecule has 1 aromatic heterocycles. The number of rotatable bonds is 6. The number of para-hydroxylation sites is 1. The third-order valence-corrected chi connectivity index (χ3v) is 5.03. The SMILES string of the molecule is CN(C)C(=O)c1cccc(NC(=O)CCCc2nc3ccccc3s2)c1. The number of aryl methyl sites for hydroxylation is 1. The molecule has 0 fully saturated rings. The topological polar surface area (TPSA) is 62.3 Å². The summed E-state index contributed by atoms with van der Waals surface area (Å²) in [7, 11) is 3.41. The van der Waals surface area contributed by atoms with Crippen molar-refractivity contribution in [2.24, 2.45) is 0 Å². The van der Waals surface area contributed by atoms with Crippen LogP contribution in [0.25, 0.3) is 10.2 Å². The van der Waals surface area contributed by atoms with E-state index in [1.807, 2.05) is 18.2 Å². The Hall–Kier alpha value is -2.73. The molecule has 1 heterocycles. The molecule has 1 N–H and O–H groups in total. The monoisotopic (exact) mass is 367 g/mol. The molecule has 0 radical (unpaired) electrons. The minimum absolute atomic E-state index is 0.0550. The number of carbonyl (C=O) groups excluding carboxylic acids is 2. The third-order valence-electron chi connectivity index (χ3n) is 3.93. The quantitative estimate of drug-likeness (QED) is 0.717. The van der Waals surface area contributed by atoms with E-state index in [0.717, 1.165) is 23.4 Å². The lowest BCUT2D eigenvalue weighted by atomic mass is 10.1. The van der Waals surface area contributed by atoms with Gasteiger partial charge in [-0.2, -0.15) is 0 Å². The predicted octanol–water partition coefficient (Wildman–Crippen LogP) is 3.96. The first-order valence-electron chi connectivity index (χ1n) is 8.49. The molecular weight excluding hydrogens is 346 g/mol. The van der Waals surface area contributed by atoms with E-state index in [1.54, 1.807) is 49.7 Å². The Bertz CT molecular complexity index is 900. The first kappa shape index (κ1) is 18.1. The summed E-state index contributed by atoms with van der Waals surface area (Å²) in [6, 6.07) is 15.1. The van der Waals surface area contributed by atoms with Gasteiger partial charge in [0.2, 0.25) is 5.91 Å². The van der Waals surface area contributed by atoms with Crippen molar-refractivity contribution in [3.05, 3.63) is 59.1 Å². The van der Waals surface area contributed by atoms with Gasteiger partial charge >= 0.3 is 0 Å². The van der Waals surface area contributed by atoms with Crippen molar-refractivity contribution in [1.82, 2.24) is 9.88 Å². The van der Waals surface area contributed by atoms with E-state index in [0.29, 0.717) is 17.7 Å². The van der Waals surface area contributed by atoms with E-state index in [-0.39, 0.29) is 11.8 Å². The summed E-state index contributed by atoms with van der Waals surface area (Å²) in [5, 5.41) is 3.92. The maximum absolute atomic E-state index is 12.2. The summed E-state index contributed by atoms with van der Waals surface area (Å²) < 4.78 is 1.18. The Balaban J connectivity index is 1.52. The van der Waals surface area contributed by atoms with E-state index in [9.17, 15) is 9.59 Å². The van der Waals surface area contributed by atoms with Gasteiger partial charge in [0.15, 0.2) is 0 Å². The lowest BCUT2D eigenvalue weighted by molar-refractivity contribution is -0.116. The van der Waals surface area contributed by atoms with Gasteiger partial charge in [-0.25, -0.2) is 4.98 Å². The summed E-state index contributed by atoms with van der Waals surface area (Å²) >= 11 is 1.68. The van der Waals surface area contributed by atoms with Crippen LogP contribution in [-0.4, -0.2) is 35.8 Å². The van der Waals surface area contributed by atoms with Crippen LogP contribution in [0.5, 0.6) is 0 Å². The fourth-order valence-electron chi connectivity index (χ4n) is 2.64. The normalized spacial score (nSPS) is 10.7. The molecule has 2 amide bonds. The second-order valence-electron chi connectivity index (χ2n) is 6.26. The lowest BCUT2D eigenvalue weighted by Gasteiger charge is -2.11. The molecule has 134 valence electrons. The van der Waals surface area contributed by atoms with E-state index >= 15 is 0 Å². The van der Waals surface area contributed by atoms with Crippen molar-refractivity contribution in [1.29, 1.82) is 0 Å². The fourth-order valence-corrected chi connectivity index (χ4v) is 3.65. The van der Waals surface area contributed by atoms with Crippen molar-refractivity contribution in [2.45, 2.75) is 19.3 Å². The molecule has 0 saturated carbocycles. The molecule has 0 bridgehead atoms. The molecule has 0 aliphatic carbocycles. The molecule has 0 saturated heterocycles. The number of hydrogen-bond acceptors (Lipinski definition) is 4. The lowest BCUT2D eigenvalue weighted by Crippen LogP contribution is -2.21. The van der Waals surface area contributed by atoms with Gasteiger partial charge < -0.3 is 10.2 Å². The predicted molar refractivity (Wildman–Crippen MR) is 106 cm³/mol. The highest BCUT2D eigenvalue weighted by atomic mass is 32.1. The Kier molecular flexibility index (Phi) is 5.63. The van der Waals surface area contributed by atoms with Crippen molar-refractivity contribution < 1.29 is 9.59 Å². The number of fused-ring (bicyclic) bond motifs is 1. The molecule has 0 aliphatic heterocycles. The minimum Gasteiger partial charge on any atom is -0.345 e. The van der Waals surface area contributed by atoms with Crippen LogP contribution >= 0.6 is 11.3 Å². The number of aromatic nitrogens is 1. The third kappa shape index (κ3) is 4.46. The number of amides is 2. The first-order chi connectivity index (χ1) is 12.5. The summed E-state index contributed by atoms with van der Waals surface area (Å²) in [4.78, 5) is 30.3. The Morgan fingerprint density at radius 1 is 1.12 bits per heavy atom. The first-order valence-corrected chi connectivity index (χ1v) is 9.30.